The Morgan fingerprint density at radius 1 is 1.39 bits per heavy atom. The van der Waals surface area contributed by atoms with Gasteiger partial charge in [-0.3, -0.25) is 4.98 Å². The van der Waals surface area contributed by atoms with Gasteiger partial charge in [0, 0.05) is 19.9 Å². The molecule has 1 fully saturated rings. The molecule has 1 aromatic heterocycles. The average molecular weight is 250 g/mol. The van der Waals surface area contributed by atoms with E-state index in [9.17, 15) is 0 Å². The fourth-order valence-corrected chi connectivity index (χ4v) is 2.41. The highest BCUT2D eigenvalue weighted by atomic mass is 16.5. The first kappa shape index (κ1) is 13.5. The Hall–Kier alpha value is -0.970. The minimum absolute atomic E-state index is 0.318. The van der Waals surface area contributed by atoms with Gasteiger partial charge in [-0.2, -0.15) is 0 Å². The van der Waals surface area contributed by atoms with Crippen LogP contribution in [0.3, 0.4) is 0 Å². The van der Waals surface area contributed by atoms with Crippen LogP contribution < -0.4 is 5.73 Å². The molecule has 0 amide bonds. The lowest BCUT2D eigenvalue weighted by Gasteiger charge is -2.28. The minimum atomic E-state index is 0.318. The third-order valence-electron chi connectivity index (χ3n) is 3.49. The fourth-order valence-electron chi connectivity index (χ4n) is 2.41. The van der Waals surface area contributed by atoms with Crippen molar-refractivity contribution in [1.82, 2.24) is 4.98 Å². The number of nitrogens with two attached hydrogens (primary N) is 1. The SMILES string of the molecule is COC1CCCC(OCc2ccnc(CN)c2)C1. The van der Waals surface area contributed by atoms with Crippen LogP contribution >= 0.6 is 0 Å². The molecule has 0 spiro atoms. The third-order valence-corrected chi connectivity index (χ3v) is 3.49. The van der Waals surface area contributed by atoms with Crippen LogP contribution in [0.4, 0.5) is 0 Å². The van der Waals surface area contributed by atoms with Crippen LogP contribution in [0.1, 0.15) is 36.9 Å². The van der Waals surface area contributed by atoms with Crippen LogP contribution in [0.25, 0.3) is 0 Å². The molecule has 2 rings (SSSR count). The number of ether oxygens (including phenoxy) is 2. The largest absolute Gasteiger partial charge is 0.381 e. The van der Waals surface area contributed by atoms with Gasteiger partial charge in [-0.05, 0) is 43.4 Å². The first-order valence-corrected chi connectivity index (χ1v) is 6.60. The predicted molar refractivity (Wildman–Crippen MR) is 70.0 cm³/mol. The minimum Gasteiger partial charge on any atom is -0.381 e. The zero-order chi connectivity index (χ0) is 12.8. The maximum atomic E-state index is 5.95. The second-order valence-electron chi connectivity index (χ2n) is 4.82. The van der Waals surface area contributed by atoms with Gasteiger partial charge in [0.25, 0.3) is 0 Å². The Morgan fingerprint density at radius 3 is 3.00 bits per heavy atom. The maximum absolute atomic E-state index is 5.95. The van der Waals surface area contributed by atoms with Crippen LogP contribution in [0.15, 0.2) is 18.3 Å². The first-order chi connectivity index (χ1) is 8.81. The zero-order valence-electron chi connectivity index (χ0n) is 11.0. The number of hydrogen-bond donors (Lipinski definition) is 1. The van der Waals surface area contributed by atoms with Crippen LogP contribution in [-0.2, 0) is 22.6 Å². The Morgan fingerprint density at radius 2 is 2.22 bits per heavy atom. The molecule has 2 atom stereocenters. The molecular formula is C14H22N2O2. The van der Waals surface area contributed by atoms with E-state index < -0.39 is 0 Å². The summed E-state index contributed by atoms with van der Waals surface area (Å²) < 4.78 is 11.4. The van der Waals surface area contributed by atoms with Crippen LogP contribution in [0.5, 0.6) is 0 Å². The van der Waals surface area contributed by atoms with Crippen molar-refractivity contribution in [2.75, 3.05) is 7.11 Å². The summed E-state index contributed by atoms with van der Waals surface area (Å²) in [7, 11) is 1.78. The second-order valence-corrected chi connectivity index (χ2v) is 4.82. The van der Waals surface area contributed by atoms with E-state index in [1.165, 1.54) is 6.42 Å². The number of rotatable bonds is 5. The molecule has 1 heterocycles. The lowest BCUT2D eigenvalue weighted by molar-refractivity contribution is -0.0363. The Labute approximate surface area is 108 Å². The molecule has 4 nitrogen and oxygen atoms in total. The lowest BCUT2D eigenvalue weighted by Crippen LogP contribution is -2.27. The predicted octanol–water partition coefficient (Wildman–Crippen LogP) is 2.01. The Kier molecular flexibility index (Phi) is 5.11. The van der Waals surface area contributed by atoms with E-state index in [1.54, 1.807) is 13.3 Å². The van der Waals surface area contributed by atoms with Crippen LogP contribution in [-0.4, -0.2) is 24.3 Å². The quantitative estimate of drug-likeness (QED) is 0.868. The summed E-state index contributed by atoms with van der Waals surface area (Å²) in [6.45, 7) is 1.11. The smallest absolute Gasteiger partial charge is 0.0721 e. The number of aromatic nitrogens is 1. The molecule has 100 valence electrons. The van der Waals surface area contributed by atoms with Crippen LogP contribution in [0, 0.1) is 0 Å². The van der Waals surface area contributed by atoms with Crippen molar-refractivity contribution in [3.63, 3.8) is 0 Å². The number of pyridine rings is 1. The van der Waals surface area contributed by atoms with E-state index in [0.717, 1.165) is 30.5 Å². The second kappa shape index (κ2) is 6.83. The highest BCUT2D eigenvalue weighted by Crippen LogP contribution is 2.23. The normalized spacial score (nSPS) is 24.1. The lowest BCUT2D eigenvalue weighted by atomic mass is 9.95. The van der Waals surface area contributed by atoms with Gasteiger partial charge in [0.15, 0.2) is 0 Å². The van der Waals surface area contributed by atoms with E-state index in [4.69, 9.17) is 15.2 Å². The van der Waals surface area contributed by atoms with Crippen LogP contribution in [0.2, 0.25) is 0 Å². The zero-order valence-corrected chi connectivity index (χ0v) is 11.0. The molecule has 0 radical (unpaired) electrons. The summed E-state index contributed by atoms with van der Waals surface area (Å²) in [5.74, 6) is 0. The Balaban J connectivity index is 1.83. The molecule has 0 aromatic carbocycles. The Bertz CT molecular complexity index is 371. The topological polar surface area (TPSA) is 57.4 Å². The molecule has 4 heteroatoms. The van der Waals surface area contributed by atoms with Gasteiger partial charge in [-0.15, -0.1) is 0 Å². The molecule has 2 N–H and O–H groups in total. The van der Waals surface area contributed by atoms with Gasteiger partial charge in [-0.25, -0.2) is 0 Å². The molecule has 0 saturated heterocycles. The van der Waals surface area contributed by atoms with Gasteiger partial charge in [0.1, 0.15) is 0 Å². The summed E-state index contributed by atoms with van der Waals surface area (Å²) in [5.41, 5.74) is 7.63. The molecule has 1 aliphatic carbocycles. The first-order valence-electron chi connectivity index (χ1n) is 6.60. The van der Waals surface area contributed by atoms with Crippen molar-refractivity contribution in [2.45, 2.75) is 51.0 Å². The summed E-state index contributed by atoms with van der Waals surface area (Å²) in [5, 5.41) is 0. The number of hydrogen-bond acceptors (Lipinski definition) is 4. The summed E-state index contributed by atoms with van der Waals surface area (Å²) in [6.07, 6.45) is 6.95. The summed E-state index contributed by atoms with van der Waals surface area (Å²) in [6, 6.07) is 3.99. The molecular weight excluding hydrogens is 228 g/mol. The molecule has 1 saturated carbocycles. The molecule has 0 bridgehead atoms. The van der Waals surface area contributed by atoms with Crippen molar-refractivity contribution < 1.29 is 9.47 Å². The van der Waals surface area contributed by atoms with Crippen molar-refractivity contribution in [1.29, 1.82) is 0 Å². The van der Waals surface area contributed by atoms with Crippen molar-refractivity contribution in [3.8, 4) is 0 Å². The van der Waals surface area contributed by atoms with Gasteiger partial charge in [0.2, 0.25) is 0 Å². The number of nitrogens with zero attached hydrogens (tertiary/aromatic N) is 1. The van der Waals surface area contributed by atoms with Gasteiger partial charge in [-0.1, -0.05) is 0 Å². The van der Waals surface area contributed by atoms with Crippen molar-refractivity contribution >= 4 is 0 Å². The molecule has 2 unspecified atom stereocenters. The van der Waals surface area contributed by atoms with Crippen molar-refractivity contribution in [3.05, 3.63) is 29.6 Å². The fraction of sp³-hybridized carbons (Fsp3) is 0.643. The standard InChI is InChI=1S/C14H22N2O2/c1-17-13-3-2-4-14(8-13)18-10-11-5-6-16-12(7-11)9-15/h5-7,13-14H,2-4,8-10,15H2,1H3. The highest BCUT2D eigenvalue weighted by molar-refractivity contribution is 5.15. The molecule has 18 heavy (non-hydrogen) atoms. The van der Waals surface area contributed by atoms with E-state index in [1.807, 2.05) is 12.1 Å². The maximum Gasteiger partial charge on any atom is 0.0721 e. The number of methoxy groups -OCH3 is 1. The average Bonchev–Trinajstić information content (AvgIpc) is 2.45. The molecule has 0 aliphatic heterocycles. The van der Waals surface area contributed by atoms with Gasteiger partial charge in [0.05, 0.1) is 24.5 Å². The summed E-state index contributed by atoms with van der Waals surface area (Å²) in [4.78, 5) is 4.18. The molecule has 1 aliphatic rings. The summed E-state index contributed by atoms with van der Waals surface area (Å²) >= 11 is 0. The van der Waals surface area contributed by atoms with Gasteiger partial charge >= 0.3 is 0 Å². The van der Waals surface area contributed by atoms with Gasteiger partial charge < -0.3 is 15.2 Å². The van der Waals surface area contributed by atoms with E-state index in [2.05, 4.69) is 4.98 Å². The van der Waals surface area contributed by atoms with E-state index >= 15 is 0 Å². The highest BCUT2D eigenvalue weighted by Gasteiger charge is 2.22. The molecule has 1 aromatic rings. The third kappa shape index (κ3) is 3.77. The monoisotopic (exact) mass is 250 g/mol. The van der Waals surface area contributed by atoms with E-state index in [-0.39, 0.29) is 0 Å². The van der Waals surface area contributed by atoms with E-state index in [0.29, 0.717) is 25.4 Å². The van der Waals surface area contributed by atoms with Crippen molar-refractivity contribution in [2.24, 2.45) is 5.73 Å².